The van der Waals surface area contributed by atoms with E-state index in [-0.39, 0.29) is 17.5 Å². The highest BCUT2D eigenvalue weighted by atomic mass is 16.4. The molecule has 1 aromatic carbocycles. The molecule has 0 unspecified atom stereocenters. The molecule has 140 valence electrons. The van der Waals surface area contributed by atoms with Gasteiger partial charge in [-0.2, -0.15) is 5.10 Å². The van der Waals surface area contributed by atoms with Gasteiger partial charge in [-0.05, 0) is 30.4 Å². The Hall–Kier alpha value is -3.09. The summed E-state index contributed by atoms with van der Waals surface area (Å²) in [5, 5.41) is 14.4. The summed E-state index contributed by atoms with van der Waals surface area (Å²) in [7, 11) is 0. The molecule has 4 rings (SSSR count). The maximum Gasteiger partial charge on any atom is 0.338 e. The molecule has 0 saturated carbocycles. The molecule has 3 heterocycles. The van der Waals surface area contributed by atoms with E-state index in [1.807, 2.05) is 23.2 Å². The molecule has 0 radical (unpaired) electrons. The fourth-order valence-corrected chi connectivity index (χ4v) is 3.74. The average molecular weight is 366 g/mol. The van der Waals surface area contributed by atoms with Crippen LogP contribution in [0, 0.1) is 0 Å². The quantitative estimate of drug-likeness (QED) is 0.753. The van der Waals surface area contributed by atoms with Gasteiger partial charge in [0.2, 0.25) is 5.91 Å². The van der Waals surface area contributed by atoms with Crippen molar-refractivity contribution in [1.82, 2.24) is 19.2 Å². The molecule has 1 fully saturated rings. The summed E-state index contributed by atoms with van der Waals surface area (Å²) in [5.41, 5.74) is 1.35. The Morgan fingerprint density at radius 2 is 1.93 bits per heavy atom. The fraction of sp³-hybridized carbons (Fsp3) is 0.350. The summed E-state index contributed by atoms with van der Waals surface area (Å²) in [6.07, 6.45) is 7.04. The van der Waals surface area contributed by atoms with E-state index in [0.29, 0.717) is 26.1 Å². The Balaban J connectivity index is 1.31. The lowest BCUT2D eigenvalue weighted by Gasteiger charge is -2.32. The first-order valence-electron chi connectivity index (χ1n) is 9.21. The highest BCUT2D eigenvalue weighted by Gasteiger charge is 2.24. The van der Waals surface area contributed by atoms with Crippen LogP contribution in [-0.2, 0) is 11.3 Å². The molecular weight excluding hydrogens is 344 g/mol. The second-order valence-electron chi connectivity index (χ2n) is 6.94. The number of carbonyl (C=O) groups excluding carboxylic acids is 1. The number of nitrogens with zero attached hydrogens (tertiary/aromatic N) is 4. The number of amides is 1. The number of aryl methyl sites for hydroxylation is 1. The van der Waals surface area contributed by atoms with Crippen molar-refractivity contribution in [3.05, 3.63) is 54.5 Å². The molecule has 0 atom stereocenters. The summed E-state index contributed by atoms with van der Waals surface area (Å²) >= 11 is 0. The molecule has 3 aromatic rings. The number of piperidine rings is 1. The number of carboxylic acids is 1. The van der Waals surface area contributed by atoms with E-state index in [0.717, 1.165) is 18.4 Å². The van der Waals surface area contributed by atoms with Gasteiger partial charge in [0.15, 0.2) is 0 Å². The smallest absolute Gasteiger partial charge is 0.338 e. The molecule has 0 aliphatic carbocycles. The van der Waals surface area contributed by atoms with Crippen LogP contribution < -0.4 is 0 Å². The van der Waals surface area contributed by atoms with Gasteiger partial charge < -0.3 is 14.6 Å². The van der Waals surface area contributed by atoms with Crippen LogP contribution in [0.2, 0.25) is 0 Å². The molecule has 0 bridgehead atoms. The Bertz CT molecular complexity index is 966. The van der Waals surface area contributed by atoms with Crippen molar-refractivity contribution in [3.63, 3.8) is 0 Å². The van der Waals surface area contributed by atoms with Crippen molar-refractivity contribution in [2.75, 3.05) is 13.1 Å². The van der Waals surface area contributed by atoms with E-state index in [1.54, 1.807) is 10.9 Å². The van der Waals surface area contributed by atoms with Gasteiger partial charge in [0, 0.05) is 44.0 Å². The number of likely N-dealkylation sites (tertiary alicyclic amines) is 1. The van der Waals surface area contributed by atoms with Crippen LogP contribution in [0.5, 0.6) is 0 Å². The zero-order valence-electron chi connectivity index (χ0n) is 15.0. The van der Waals surface area contributed by atoms with Gasteiger partial charge in [0.25, 0.3) is 0 Å². The van der Waals surface area contributed by atoms with Crippen LogP contribution >= 0.6 is 0 Å². The first kappa shape index (κ1) is 17.3. The minimum Gasteiger partial charge on any atom is -0.478 e. The molecule has 1 saturated heterocycles. The topological polar surface area (TPSA) is 80.4 Å². The zero-order valence-corrected chi connectivity index (χ0v) is 15.0. The van der Waals surface area contributed by atoms with E-state index in [4.69, 9.17) is 5.11 Å². The Kier molecular flexibility index (Phi) is 4.66. The lowest BCUT2D eigenvalue weighted by molar-refractivity contribution is -0.132. The zero-order chi connectivity index (χ0) is 18.8. The predicted octanol–water partition coefficient (Wildman–Crippen LogP) is 2.79. The van der Waals surface area contributed by atoms with Crippen LogP contribution in [0.4, 0.5) is 0 Å². The van der Waals surface area contributed by atoms with Crippen molar-refractivity contribution in [2.45, 2.75) is 31.8 Å². The summed E-state index contributed by atoms with van der Waals surface area (Å²) in [6, 6.07) is 10.4. The lowest BCUT2D eigenvalue weighted by atomic mass is 10.0. The lowest BCUT2D eigenvalue weighted by Crippen LogP contribution is -2.39. The Morgan fingerprint density at radius 1 is 1.15 bits per heavy atom. The monoisotopic (exact) mass is 366 g/mol. The van der Waals surface area contributed by atoms with Crippen LogP contribution in [-0.4, -0.2) is 49.3 Å². The fourth-order valence-electron chi connectivity index (χ4n) is 3.74. The van der Waals surface area contributed by atoms with Crippen molar-refractivity contribution >= 4 is 22.8 Å². The SMILES string of the molecule is O=C(O)c1cnn(C2CCN(C(=O)CCn3ccc4ccccc43)CC2)c1. The van der Waals surface area contributed by atoms with Crippen LogP contribution in [0.3, 0.4) is 0 Å². The summed E-state index contributed by atoms with van der Waals surface area (Å²) in [5.74, 6) is -0.802. The molecule has 2 aromatic heterocycles. The number of carboxylic acid groups (broad SMARTS) is 1. The van der Waals surface area contributed by atoms with E-state index in [9.17, 15) is 9.59 Å². The molecule has 0 spiro atoms. The number of hydrogen-bond acceptors (Lipinski definition) is 3. The molecular formula is C20H22N4O3. The third-order valence-corrected chi connectivity index (χ3v) is 5.29. The maximum absolute atomic E-state index is 12.6. The Labute approximate surface area is 156 Å². The van der Waals surface area contributed by atoms with Gasteiger partial charge in [0.1, 0.15) is 0 Å². The minimum atomic E-state index is -0.966. The van der Waals surface area contributed by atoms with Gasteiger partial charge >= 0.3 is 5.97 Å². The minimum absolute atomic E-state index is 0.149. The summed E-state index contributed by atoms with van der Waals surface area (Å²) in [6.45, 7) is 2.03. The van der Waals surface area contributed by atoms with Crippen LogP contribution in [0.15, 0.2) is 48.9 Å². The highest BCUT2D eigenvalue weighted by Crippen LogP contribution is 2.23. The van der Waals surface area contributed by atoms with Gasteiger partial charge in [-0.15, -0.1) is 0 Å². The van der Waals surface area contributed by atoms with Gasteiger partial charge in [0.05, 0.1) is 17.8 Å². The summed E-state index contributed by atoms with van der Waals surface area (Å²) < 4.78 is 3.84. The van der Waals surface area contributed by atoms with Crippen molar-refractivity contribution < 1.29 is 14.7 Å². The number of aromatic nitrogens is 3. The number of aromatic carboxylic acids is 1. The number of benzene rings is 1. The van der Waals surface area contributed by atoms with E-state index < -0.39 is 5.97 Å². The number of hydrogen-bond donors (Lipinski definition) is 1. The molecule has 1 aliphatic heterocycles. The number of para-hydroxylation sites is 1. The third kappa shape index (κ3) is 3.58. The molecule has 1 aliphatic rings. The molecule has 7 heteroatoms. The van der Waals surface area contributed by atoms with Crippen molar-refractivity contribution in [2.24, 2.45) is 0 Å². The number of fused-ring (bicyclic) bond motifs is 1. The summed E-state index contributed by atoms with van der Waals surface area (Å²) in [4.78, 5) is 25.5. The first-order valence-corrected chi connectivity index (χ1v) is 9.21. The second kappa shape index (κ2) is 7.26. The first-order chi connectivity index (χ1) is 13.1. The van der Waals surface area contributed by atoms with Gasteiger partial charge in [-0.25, -0.2) is 4.79 Å². The molecule has 7 nitrogen and oxygen atoms in total. The average Bonchev–Trinajstić information content (AvgIpc) is 3.34. The normalized spacial score (nSPS) is 15.3. The highest BCUT2D eigenvalue weighted by molar-refractivity contribution is 5.86. The Morgan fingerprint density at radius 3 is 2.67 bits per heavy atom. The van der Waals surface area contributed by atoms with E-state index in [1.165, 1.54) is 11.6 Å². The largest absolute Gasteiger partial charge is 0.478 e. The number of carbonyl (C=O) groups is 2. The number of rotatable bonds is 5. The van der Waals surface area contributed by atoms with E-state index >= 15 is 0 Å². The van der Waals surface area contributed by atoms with Gasteiger partial charge in [-0.3, -0.25) is 9.48 Å². The van der Waals surface area contributed by atoms with Crippen molar-refractivity contribution in [1.29, 1.82) is 0 Å². The van der Waals surface area contributed by atoms with Crippen molar-refractivity contribution in [3.8, 4) is 0 Å². The van der Waals surface area contributed by atoms with Gasteiger partial charge in [-0.1, -0.05) is 18.2 Å². The molecule has 1 amide bonds. The standard InChI is InChI=1S/C20H22N4O3/c25-19(8-12-22-9-5-15-3-1-2-4-18(15)22)23-10-6-17(7-11-23)24-14-16(13-21-24)20(26)27/h1-5,9,13-14,17H,6-8,10-12H2,(H,26,27). The molecule has 1 N–H and O–H groups in total. The van der Waals surface area contributed by atoms with Crippen LogP contribution in [0.25, 0.3) is 10.9 Å². The second-order valence-corrected chi connectivity index (χ2v) is 6.94. The maximum atomic E-state index is 12.6. The third-order valence-electron chi connectivity index (χ3n) is 5.29. The van der Waals surface area contributed by atoms with E-state index in [2.05, 4.69) is 27.9 Å². The van der Waals surface area contributed by atoms with Crippen LogP contribution in [0.1, 0.15) is 35.7 Å². The predicted molar refractivity (Wildman–Crippen MR) is 101 cm³/mol. The molecule has 27 heavy (non-hydrogen) atoms.